The van der Waals surface area contributed by atoms with Gasteiger partial charge < -0.3 is 10.0 Å². The third-order valence-corrected chi connectivity index (χ3v) is 4.60. The fraction of sp³-hybridized carbons (Fsp3) is 0.625. The SMILES string of the molecule is Cc1ccc(C)c([C@@]2(O)C[C@H](C)N(C)C[C@@H]2C)c1. The van der Waals surface area contributed by atoms with Crippen LogP contribution in [0.2, 0.25) is 0 Å². The first kappa shape index (κ1) is 13.6. The largest absolute Gasteiger partial charge is 0.385 e. The molecule has 0 bridgehead atoms. The molecule has 0 saturated carbocycles. The summed E-state index contributed by atoms with van der Waals surface area (Å²) in [6.45, 7) is 9.50. The van der Waals surface area contributed by atoms with Gasteiger partial charge in [-0.15, -0.1) is 0 Å². The second-order valence-corrected chi connectivity index (χ2v) is 6.14. The van der Waals surface area contributed by atoms with Gasteiger partial charge in [0.2, 0.25) is 0 Å². The number of aryl methyl sites for hydroxylation is 2. The summed E-state index contributed by atoms with van der Waals surface area (Å²) in [6.07, 6.45) is 0.814. The highest BCUT2D eigenvalue weighted by molar-refractivity contribution is 5.36. The Kier molecular flexibility index (Phi) is 3.52. The molecule has 1 N–H and O–H groups in total. The third-order valence-electron chi connectivity index (χ3n) is 4.60. The maximum Gasteiger partial charge on any atom is 0.0951 e. The Morgan fingerprint density at radius 3 is 2.61 bits per heavy atom. The van der Waals surface area contributed by atoms with Crippen molar-refractivity contribution in [1.29, 1.82) is 0 Å². The Morgan fingerprint density at radius 2 is 1.94 bits per heavy atom. The molecule has 2 rings (SSSR count). The van der Waals surface area contributed by atoms with Crippen molar-refractivity contribution in [3.8, 4) is 0 Å². The first-order chi connectivity index (χ1) is 8.34. The van der Waals surface area contributed by atoms with Gasteiger partial charge in [-0.3, -0.25) is 0 Å². The molecule has 3 atom stereocenters. The highest BCUT2D eigenvalue weighted by Gasteiger charge is 2.43. The third kappa shape index (κ3) is 2.19. The van der Waals surface area contributed by atoms with E-state index in [0.29, 0.717) is 6.04 Å². The molecule has 0 aliphatic carbocycles. The summed E-state index contributed by atoms with van der Waals surface area (Å²) < 4.78 is 0. The Morgan fingerprint density at radius 1 is 1.28 bits per heavy atom. The van der Waals surface area contributed by atoms with Crippen molar-refractivity contribution in [2.24, 2.45) is 5.92 Å². The highest BCUT2D eigenvalue weighted by atomic mass is 16.3. The van der Waals surface area contributed by atoms with Crippen molar-refractivity contribution in [1.82, 2.24) is 4.90 Å². The van der Waals surface area contributed by atoms with Crippen molar-refractivity contribution in [3.63, 3.8) is 0 Å². The fourth-order valence-electron chi connectivity index (χ4n) is 3.15. The number of piperidine rings is 1. The number of nitrogens with zero attached hydrogens (tertiary/aromatic N) is 1. The zero-order valence-electron chi connectivity index (χ0n) is 12.2. The zero-order chi connectivity index (χ0) is 13.5. The topological polar surface area (TPSA) is 23.5 Å². The molecule has 100 valence electrons. The van der Waals surface area contributed by atoms with Gasteiger partial charge in [0.25, 0.3) is 0 Å². The van der Waals surface area contributed by atoms with Crippen LogP contribution in [0, 0.1) is 19.8 Å². The Hall–Kier alpha value is -0.860. The van der Waals surface area contributed by atoms with E-state index in [-0.39, 0.29) is 5.92 Å². The lowest BCUT2D eigenvalue weighted by atomic mass is 9.73. The molecule has 0 amide bonds. The summed E-state index contributed by atoms with van der Waals surface area (Å²) in [6, 6.07) is 6.82. The van der Waals surface area contributed by atoms with Gasteiger partial charge in [-0.25, -0.2) is 0 Å². The predicted molar refractivity (Wildman–Crippen MR) is 75.7 cm³/mol. The summed E-state index contributed by atoms with van der Waals surface area (Å²) in [5.41, 5.74) is 2.87. The van der Waals surface area contributed by atoms with E-state index in [1.807, 2.05) is 0 Å². The second kappa shape index (κ2) is 4.67. The smallest absolute Gasteiger partial charge is 0.0951 e. The molecule has 1 fully saturated rings. The van der Waals surface area contributed by atoms with Gasteiger partial charge in [0.15, 0.2) is 0 Å². The molecule has 1 aliphatic rings. The van der Waals surface area contributed by atoms with Crippen LogP contribution in [0.3, 0.4) is 0 Å². The lowest BCUT2D eigenvalue weighted by Crippen LogP contribution is -2.51. The van der Waals surface area contributed by atoms with Gasteiger partial charge in [-0.1, -0.05) is 30.7 Å². The number of likely N-dealkylation sites (tertiary alicyclic amines) is 1. The van der Waals surface area contributed by atoms with Crippen molar-refractivity contribution in [2.75, 3.05) is 13.6 Å². The van der Waals surface area contributed by atoms with E-state index in [4.69, 9.17) is 0 Å². The Bertz CT molecular complexity index is 443. The monoisotopic (exact) mass is 247 g/mol. The molecule has 1 saturated heterocycles. The van der Waals surface area contributed by atoms with Crippen LogP contribution in [0.1, 0.15) is 37.0 Å². The van der Waals surface area contributed by atoms with E-state index in [0.717, 1.165) is 18.5 Å². The normalized spacial score (nSPS) is 33.7. The quantitative estimate of drug-likeness (QED) is 0.825. The number of aliphatic hydroxyl groups is 1. The van der Waals surface area contributed by atoms with Crippen molar-refractivity contribution < 1.29 is 5.11 Å². The van der Waals surface area contributed by atoms with Gasteiger partial charge >= 0.3 is 0 Å². The maximum absolute atomic E-state index is 11.2. The lowest BCUT2D eigenvalue weighted by molar-refractivity contribution is -0.0847. The minimum atomic E-state index is -0.679. The van der Waals surface area contributed by atoms with Crippen LogP contribution < -0.4 is 0 Å². The molecule has 0 aromatic heterocycles. The molecular weight excluding hydrogens is 222 g/mol. The second-order valence-electron chi connectivity index (χ2n) is 6.14. The van der Waals surface area contributed by atoms with E-state index in [2.05, 4.69) is 57.8 Å². The van der Waals surface area contributed by atoms with Gasteiger partial charge in [0.05, 0.1) is 5.60 Å². The number of hydrogen-bond donors (Lipinski definition) is 1. The zero-order valence-corrected chi connectivity index (χ0v) is 12.2. The summed E-state index contributed by atoms with van der Waals surface area (Å²) in [5, 5.41) is 11.2. The fourth-order valence-corrected chi connectivity index (χ4v) is 3.15. The highest BCUT2D eigenvalue weighted by Crippen LogP contribution is 2.40. The molecule has 1 heterocycles. The first-order valence-electron chi connectivity index (χ1n) is 6.85. The van der Waals surface area contributed by atoms with Gasteiger partial charge in [-0.2, -0.15) is 0 Å². The molecule has 2 heteroatoms. The van der Waals surface area contributed by atoms with Crippen LogP contribution in [0.25, 0.3) is 0 Å². The van der Waals surface area contributed by atoms with Crippen molar-refractivity contribution >= 4 is 0 Å². The van der Waals surface area contributed by atoms with Crippen LogP contribution in [-0.4, -0.2) is 29.6 Å². The molecule has 1 aromatic carbocycles. The predicted octanol–water partition coefficient (Wildman–Crippen LogP) is 2.85. The van der Waals surface area contributed by atoms with Crippen LogP contribution in [0.5, 0.6) is 0 Å². The van der Waals surface area contributed by atoms with Gasteiger partial charge in [0.1, 0.15) is 0 Å². The van der Waals surface area contributed by atoms with Crippen LogP contribution in [0.4, 0.5) is 0 Å². The van der Waals surface area contributed by atoms with E-state index >= 15 is 0 Å². The minimum Gasteiger partial charge on any atom is -0.385 e. The first-order valence-corrected chi connectivity index (χ1v) is 6.85. The maximum atomic E-state index is 11.2. The average molecular weight is 247 g/mol. The molecule has 0 radical (unpaired) electrons. The molecule has 0 unspecified atom stereocenters. The van der Waals surface area contributed by atoms with Gasteiger partial charge in [0, 0.05) is 18.5 Å². The number of benzene rings is 1. The average Bonchev–Trinajstić information content (AvgIpc) is 2.30. The summed E-state index contributed by atoms with van der Waals surface area (Å²) in [7, 11) is 2.14. The van der Waals surface area contributed by atoms with Crippen LogP contribution >= 0.6 is 0 Å². The number of rotatable bonds is 1. The van der Waals surface area contributed by atoms with E-state index in [9.17, 15) is 5.11 Å². The summed E-state index contributed by atoms with van der Waals surface area (Å²) in [4.78, 5) is 2.34. The molecule has 18 heavy (non-hydrogen) atoms. The van der Waals surface area contributed by atoms with Crippen molar-refractivity contribution in [2.45, 2.75) is 45.8 Å². The summed E-state index contributed by atoms with van der Waals surface area (Å²) >= 11 is 0. The van der Waals surface area contributed by atoms with Gasteiger partial charge in [-0.05, 0) is 45.4 Å². The standard InChI is InChI=1S/C16H25NO/c1-11-6-7-12(2)15(8-11)16(18)9-14(4)17(5)10-13(16)3/h6-8,13-14,18H,9-10H2,1-5H3/t13-,14-,16+/m0/s1. The van der Waals surface area contributed by atoms with Crippen LogP contribution in [0.15, 0.2) is 18.2 Å². The Balaban J connectivity index is 2.43. The van der Waals surface area contributed by atoms with Crippen LogP contribution in [-0.2, 0) is 5.60 Å². The molecule has 0 spiro atoms. The van der Waals surface area contributed by atoms with E-state index < -0.39 is 5.60 Å². The minimum absolute atomic E-state index is 0.263. The molecular formula is C16H25NO. The van der Waals surface area contributed by atoms with E-state index in [1.54, 1.807) is 0 Å². The molecule has 1 aromatic rings. The van der Waals surface area contributed by atoms with E-state index in [1.165, 1.54) is 11.1 Å². The summed E-state index contributed by atoms with van der Waals surface area (Å²) in [5.74, 6) is 0.263. The molecule has 1 aliphatic heterocycles. The Labute approximate surface area is 111 Å². The molecule has 2 nitrogen and oxygen atoms in total. The number of hydrogen-bond acceptors (Lipinski definition) is 2. The lowest BCUT2D eigenvalue weighted by Gasteiger charge is -2.46. The van der Waals surface area contributed by atoms with Crippen molar-refractivity contribution in [3.05, 3.63) is 34.9 Å².